The van der Waals surface area contributed by atoms with Crippen LogP contribution in [-0.2, 0) is 6.18 Å². The van der Waals surface area contributed by atoms with Gasteiger partial charge in [-0.05, 0) is 36.4 Å². The Kier molecular flexibility index (Phi) is 4.82. The number of hydrogen-bond acceptors (Lipinski definition) is 1. The summed E-state index contributed by atoms with van der Waals surface area (Å²) in [4.78, 5) is 11.8. The average Bonchev–Trinajstić information content (AvgIpc) is 2.48. The fourth-order valence-electron chi connectivity index (χ4n) is 1.80. The summed E-state index contributed by atoms with van der Waals surface area (Å²) in [5.74, 6) is 2.41. The zero-order chi connectivity index (χ0) is 17.0. The number of halogens is 4. The van der Waals surface area contributed by atoms with E-state index in [0.717, 1.165) is 12.1 Å². The first-order chi connectivity index (χ1) is 10.8. The molecule has 0 radical (unpaired) electrons. The average molecular weight is 339 g/mol. The van der Waals surface area contributed by atoms with Crippen LogP contribution in [0.1, 0.15) is 11.1 Å². The largest absolute Gasteiger partial charge is 0.417 e. The van der Waals surface area contributed by atoms with Crippen molar-refractivity contribution < 1.29 is 18.0 Å². The van der Waals surface area contributed by atoms with Crippen LogP contribution in [-0.4, -0.2) is 6.03 Å². The van der Waals surface area contributed by atoms with Crippen LogP contribution < -0.4 is 10.6 Å². The van der Waals surface area contributed by atoms with Crippen molar-refractivity contribution in [2.24, 2.45) is 0 Å². The number of terminal acetylenes is 1. The van der Waals surface area contributed by atoms with E-state index in [-0.39, 0.29) is 5.69 Å². The highest BCUT2D eigenvalue weighted by Crippen LogP contribution is 2.36. The van der Waals surface area contributed by atoms with Crippen molar-refractivity contribution in [3.05, 3.63) is 58.6 Å². The van der Waals surface area contributed by atoms with Gasteiger partial charge in [-0.25, -0.2) is 4.79 Å². The van der Waals surface area contributed by atoms with Crippen LogP contribution in [0.2, 0.25) is 5.02 Å². The van der Waals surface area contributed by atoms with Crippen molar-refractivity contribution in [3.8, 4) is 12.3 Å². The van der Waals surface area contributed by atoms with Crippen molar-refractivity contribution in [1.29, 1.82) is 0 Å². The highest BCUT2D eigenvalue weighted by atomic mass is 35.5. The third-order valence-corrected chi connectivity index (χ3v) is 3.15. The second kappa shape index (κ2) is 6.63. The minimum atomic E-state index is -4.60. The maximum atomic E-state index is 12.8. The smallest absolute Gasteiger partial charge is 0.308 e. The van der Waals surface area contributed by atoms with Crippen LogP contribution in [0.15, 0.2) is 42.5 Å². The van der Waals surface area contributed by atoms with Gasteiger partial charge in [0.1, 0.15) is 0 Å². The predicted octanol–water partition coefficient (Wildman–Crippen LogP) is 4.98. The second-order valence-corrected chi connectivity index (χ2v) is 4.90. The Bertz CT molecular complexity index is 782. The lowest BCUT2D eigenvalue weighted by Gasteiger charge is -2.12. The zero-order valence-electron chi connectivity index (χ0n) is 11.5. The summed E-state index contributed by atoms with van der Waals surface area (Å²) >= 11 is 5.51. The first kappa shape index (κ1) is 16.7. The molecule has 2 aromatic rings. The van der Waals surface area contributed by atoms with Crippen molar-refractivity contribution in [2.45, 2.75) is 6.18 Å². The van der Waals surface area contributed by atoms with Crippen molar-refractivity contribution >= 4 is 29.0 Å². The van der Waals surface area contributed by atoms with Gasteiger partial charge in [0.2, 0.25) is 0 Å². The summed E-state index contributed by atoms with van der Waals surface area (Å²) in [6.45, 7) is 0. The van der Waals surface area contributed by atoms with Gasteiger partial charge in [0.25, 0.3) is 0 Å². The van der Waals surface area contributed by atoms with Gasteiger partial charge in [0, 0.05) is 16.9 Å². The molecule has 0 aliphatic rings. The monoisotopic (exact) mass is 338 g/mol. The Morgan fingerprint density at radius 2 is 1.74 bits per heavy atom. The topological polar surface area (TPSA) is 41.1 Å². The molecule has 0 fully saturated rings. The van der Waals surface area contributed by atoms with Gasteiger partial charge in [0.15, 0.2) is 0 Å². The molecule has 2 rings (SSSR count). The van der Waals surface area contributed by atoms with E-state index < -0.39 is 22.8 Å². The summed E-state index contributed by atoms with van der Waals surface area (Å²) in [7, 11) is 0. The van der Waals surface area contributed by atoms with Gasteiger partial charge >= 0.3 is 12.2 Å². The highest BCUT2D eigenvalue weighted by Gasteiger charge is 2.33. The minimum Gasteiger partial charge on any atom is -0.308 e. The Labute approximate surface area is 135 Å². The molecule has 0 aliphatic heterocycles. The van der Waals surface area contributed by atoms with E-state index in [1.807, 2.05) is 0 Å². The summed E-state index contributed by atoms with van der Waals surface area (Å²) in [5, 5.41) is 4.35. The minimum absolute atomic E-state index is 0.0349. The fraction of sp³-hybridized carbons (Fsp3) is 0.0625. The van der Waals surface area contributed by atoms with Gasteiger partial charge in [0.05, 0.1) is 10.6 Å². The number of benzene rings is 2. The summed E-state index contributed by atoms with van der Waals surface area (Å²) in [5.41, 5.74) is -0.0739. The SMILES string of the molecule is C#Cc1cccc(NC(=O)Nc2ccc(Cl)c(C(F)(F)F)c2)c1. The molecule has 0 aliphatic carbocycles. The zero-order valence-corrected chi connectivity index (χ0v) is 12.3. The number of carbonyl (C=O) groups excluding carboxylic acids is 1. The van der Waals surface area contributed by atoms with E-state index in [4.69, 9.17) is 18.0 Å². The third-order valence-electron chi connectivity index (χ3n) is 2.82. The number of amides is 2. The third kappa shape index (κ3) is 4.41. The summed E-state index contributed by atoms with van der Waals surface area (Å²) < 4.78 is 38.3. The van der Waals surface area contributed by atoms with E-state index >= 15 is 0 Å². The number of nitrogens with one attached hydrogen (secondary N) is 2. The molecular formula is C16H10ClF3N2O. The molecule has 0 unspecified atom stereocenters. The lowest BCUT2D eigenvalue weighted by atomic mass is 10.2. The molecule has 0 saturated heterocycles. The van der Waals surface area contributed by atoms with E-state index in [0.29, 0.717) is 11.3 Å². The first-order valence-electron chi connectivity index (χ1n) is 6.31. The Hall–Kier alpha value is -2.65. The molecule has 23 heavy (non-hydrogen) atoms. The van der Waals surface area contributed by atoms with E-state index in [1.54, 1.807) is 24.3 Å². The van der Waals surface area contributed by atoms with Gasteiger partial charge in [-0.1, -0.05) is 23.6 Å². The predicted molar refractivity (Wildman–Crippen MR) is 83.5 cm³/mol. The molecule has 0 aromatic heterocycles. The van der Waals surface area contributed by atoms with Crippen LogP contribution in [0.25, 0.3) is 0 Å². The van der Waals surface area contributed by atoms with Crippen LogP contribution >= 0.6 is 11.6 Å². The molecule has 0 spiro atoms. The quantitative estimate of drug-likeness (QED) is 0.745. The molecule has 0 saturated carbocycles. The summed E-state index contributed by atoms with van der Waals surface area (Å²) in [6.07, 6.45) is 0.642. The van der Waals surface area contributed by atoms with Crippen LogP contribution in [0.5, 0.6) is 0 Å². The number of urea groups is 1. The number of rotatable bonds is 2. The van der Waals surface area contributed by atoms with Crippen LogP contribution in [0.4, 0.5) is 29.3 Å². The van der Waals surface area contributed by atoms with Gasteiger partial charge in [-0.3, -0.25) is 0 Å². The molecule has 118 valence electrons. The number of carbonyl (C=O) groups is 1. The molecule has 3 nitrogen and oxygen atoms in total. The standard InChI is InChI=1S/C16H10ClF3N2O/c1-2-10-4-3-5-11(8-10)21-15(23)22-12-6-7-14(17)13(9-12)16(18,19)20/h1,3-9H,(H2,21,22,23). The molecule has 0 heterocycles. The highest BCUT2D eigenvalue weighted by molar-refractivity contribution is 6.31. The van der Waals surface area contributed by atoms with Gasteiger partial charge in [-0.2, -0.15) is 13.2 Å². The van der Waals surface area contributed by atoms with E-state index in [9.17, 15) is 18.0 Å². The van der Waals surface area contributed by atoms with Gasteiger partial charge < -0.3 is 10.6 Å². The summed E-state index contributed by atoms with van der Waals surface area (Å²) in [6, 6.07) is 8.89. The molecular weight excluding hydrogens is 329 g/mol. The molecule has 0 atom stereocenters. The lowest BCUT2D eigenvalue weighted by molar-refractivity contribution is -0.137. The van der Waals surface area contributed by atoms with Crippen LogP contribution in [0, 0.1) is 12.3 Å². The van der Waals surface area contributed by atoms with Crippen LogP contribution in [0.3, 0.4) is 0 Å². The molecule has 2 N–H and O–H groups in total. The van der Waals surface area contributed by atoms with Crippen molar-refractivity contribution in [3.63, 3.8) is 0 Å². The first-order valence-corrected chi connectivity index (χ1v) is 6.69. The fourth-order valence-corrected chi connectivity index (χ4v) is 2.03. The molecule has 2 aromatic carbocycles. The van der Waals surface area contributed by atoms with Gasteiger partial charge in [-0.15, -0.1) is 6.42 Å². The van der Waals surface area contributed by atoms with E-state index in [2.05, 4.69) is 16.6 Å². The van der Waals surface area contributed by atoms with Crippen molar-refractivity contribution in [1.82, 2.24) is 0 Å². The van der Waals surface area contributed by atoms with E-state index in [1.165, 1.54) is 6.07 Å². The lowest BCUT2D eigenvalue weighted by Crippen LogP contribution is -2.20. The molecule has 2 amide bonds. The number of anilines is 2. The molecule has 0 bridgehead atoms. The maximum Gasteiger partial charge on any atom is 0.417 e. The number of hydrogen-bond donors (Lipinski definition) is 2. The Morgan fingerprint density at radius 3 is 2.35 bits per heavy atom. The second-order valence-electron chi connectivity index (χ2n) is 4.50. The Morgan fingerprint density at radius 1 is 1.09 bits per heavy atom. The van der Waals surface area contributed by atoms with Crippen molar-refractivity contribution in [2.75, 3.05) is 10.6 Å². The number of alkyl halides is 3. The Balaban J connectivity index is 2.13. The molecule has 7 heteroatoms. The normalized spacial score (nSPS) is 10.7. The maximum absolute atomic E-state index is 12.8.